The predicted octanol–water partition coefficient (Wildman–Crippen LogP) is 3.48. The molecule has 0 heterocycles. The second-order valence-electron chi connectivity index (χ2n) is 5.33. The molecule has 0 N–H and O–H groups in total. The fraction of sp³-hybridized carbons (Fsp3) is 0.467. The van der Waals surface area contributed by atoms with E-state index in [-0.39, 0.29) is 11.5 Å². The zero-order valence-corrected chi connectivity index (χ0v) is 10.9. The molecule has 1 unspecified atom stereocenters. The van der Waals surface area contributed by atoms with Gasteiger partial charge in [0, 0.05) is 12.7 Å². The number of benzene rings is 1. The maximum atomic E-state index is 5.66. The first kappa shape index (κ1) is 12.6. The van der Waals surface area contributed by atoms with Gasteiger partial charge in [-0.25, -0.2) is 0 Å². The third-order valence-electron chi connectivity index (χ3n) is 2.86. The van der Waals surface area contributed by atoms with Gasteiger partial charge in [0.25, 0.3) is 0 Å². The van der Waals surface area contributed by atoms with Crippen LogP contribution in [0.2, 0.25) is 0 Å². The summed E-state index contributed by atoms with van der Waals surface area (Å²) in [5.41, 5.74) is 2.54. The van der Waals surface area contributed by atoms with E-state index in [1.165, 1.54) is 11.3 Å². The van der Waals surface area contributed by atoms with Crippen LogP contribution in [0.1, 0.15) is 26.3 Å². The lowest BCUT2D eigenvalue weighted by molar-refractivity contribution is 0.364. The van der Waals surface area contributed by atoms with Crippen molar-refractivity contribution in [3.05, 3.63) is 29.8 Å². The molecule has 0 saturated heterocycles. The SMILES string of the molecule is C#CC(N(C)c1ccccc1C)C(C)(C)C. The molecule has 0 aromatic heterocycles. The zero-order valence-electron chi connectivity index (χ0n) is 10.9. The molecule has 0 aliphatic rings. The van der Waals surface area contributed by atoms with Crippen LogP contribution < -0.4 is 4.90 Å². The highest BCUT2D eigenvalue weighted by Crippen LogP contribution is 2.28. The molecule has 1 atom stereocenters. The van der Waals surface area contributed by atoms with Gasteiger partial charge in [0.05, 0.1) is 6.04 Å². The molecule has 0 amide bonds. The number of anilines is 1. The molecule has 0 radical (unpaired) electrons. The van der Waals surface area contributed by atoms with Crippen LogP contribution in [-0.2, 0) is 0 Å². The monoisotopic (exact) mass is 215 g/mol. The molecule has 0 bridgehead atoms. The van der Waals surface area contributed by atoms with E-state index in [1.807, 2.05) is 0 Å². The van der Waals surface area contributed by atoms with Gasteiger partial charge in [0.15, 0.2) is 0 Å². The summed E-state index contributed by atoms with van der Waals surface area (Å²) in [5.74, 6) is 2.89. The normalized spacial score (nSPS) is 13.0. The minimum atomic E-state index is 0.0752. The van der Waals surface area contributed by atoms with Crippen molar-refractivity contribution in [1.82, 2.24) is 0 Å². The number of hydrogen-bond donors (Lipinski definition) is 0. The Balaban J connectivity index is 3.07. The highest BCUT2D eigenvalue weighted by Gasteiger charge is 2.27. The summed E-state index contributed by atoms with van der Waals surface area (Å²) in [4.78, 5) is 2.19. The second kappa shape index (κ2) is 4.61. The summed E-state index contributed by atoms with van der Waals surface area (Å²) in [7, 11) is 2.07. The lowest BCUT2D eigenvalue weighted by Crippen LogP contribution is -2.41. The van der Waals surface area contributed by atoms with E-state index in [9.17, 15) is 0 Å². The van der Waals surface area contributed by atoms with E-state index in [0.29, 0.717) is 0 Å². The fourth-order valence-corrected chi connectivity index (χ4v) is 2.04. The van der Waals surface area contributed by atoms with Crippen molar-refractivity contribution in [3.63, 3.8) is 0 Å². The van der Waals surface area contributed by atoms with E-state index in [2.05, 4.69) is 69.8 Å². The Hall–Kier alpha value is -1.42. The zero-order chi connectivity index (χ0) is 12.3. The molecular weight excluding hydrogens is 194 g/mol. The maximum Gasteiger partial charge on any atom is 0.0946 e. The van der Waals surface area contributed by atoms with Crippen molar-refractivity contribution in [3.8, 4) is 12.3 Å². The molecule has 16 heavy (non-hydrogen) atoms. The number of nitrogens with zero attached hydrogens (tertiary/aromatic N) is 1. The van der Waals surface area contributed by atoms with Gasteiger partial charge in [0.1, 0.15) is 0 Å². The van der Waals surface area contributed by atoms with Gasteiger partial charge in [-0.2, -0.15) is 0 Å². The number of para-hydroxylation sites is 1. The fourth-order valence-electron chi connectivity index (χ4n) is 2.04. The van der Waals surface area contributed by atoms with Crippen molar-refractivity contribution in [1.29, 1.82) is 0 Å². The van der Waals surface area contributed by atoms with Gasteiger partial charge < -0.3 is 4.90 Å². The van der Waals surface area contributed by atoms with Crippen molar-refractivity contribution in [2.24, 2.45) is 5.41 Å². The van der Waals surface area contributed by atoms with Gasteiger partial charge in [0.2, 0.25) is 0 Å². The Labute approximate surface area is 99.5 Å². The molecule has 1 aromatic carbocycles. The van der Waals surface area contributed by atoms with E-state index >= 15 is 0 Å². The minimum absolute atomic E-state index is 0.0752. The highest BCUT2D eigenvalue weighted by atomic mass is 15.1. The lowest BCUT2D eigenvalue weighted by atomic mass is 9.86. The molecule has 0 aliphatic heterocycles. The van der Waals surface area contributed by atoms with Crippen LogP contribution in [-0.4, -0.2) is 13.1 Å². The van der Waals surface area contributed by atoms with Crippen LogP contribution in [0.15, 0.2) is 24.3 Å². The van der Waals surface area contributed by atoms with Gasteiger partial charge in [-0.3, -0.25) is 0 Å². The predicted molar refractivity (Wildman–Crippen MR) is 71.7 cm³/mol. The van der Waals surface area contributed by atoms with Crippen LogP contribution in [0.25, 0.3) is 0 Å². The van der Waals surface area contributed by atoms with Gasteiger partial charge in [-0.05, 0) is 24.0 Å². The molecule has 1 aromatic rings. The molecule has 0 fully saturated rings. The van der Waals surface area contributed by atoms with E-state index < -0.39 is 0 Å². The van der Waals surface area contributed by atoms with Gasteiger partial charge in [-0.15, -0.1) is 6.42 Å². The first-order chi connectivity index (χ1) is 7.38. The Morgan fingerprint density at radius 1 is 1.25 bits per heavy atom. The van der Waals surface area contributed by atoms with E-state index in [1.54, 1.807) is 0 Å². The molecule has 1 heteroatoms. The molecule has 1 rings (SSSR count). The quantitative estimate of drug-likeness (QED) is 0.683. The first-order valence-electron chi connectivity index (χ1n) is 5.62. The number of rotatable bonds is 2. The highest BCUT2D eigenvalue weighted by molar-refractivity contribution is 5.54. The molecule has 0 spiro atoms. The minimum Gasteiger partial charge on any atom is -0.360 e. The maximum absolute atomic E-state index is 5.66. The summed E-state index contributed by atoms with van der Waals surface area (Å²) in [6.07, 6.45) is 5.66. The van der Waals surface area contributed by atoms with Crippen LogP contribution >= 0.6 is 0 Å². The summed E-state index contributed by atoms with van der Waals surface area (Å²) >= 11 is 0. The van der Waals surface area contributed by atoms with Crippen molar-refractivity contribution in [2.45, 2.75) is 33.7 Å². The third-order valence-corrected chi connectivity index (χ3v) is 2.86. The van der Waals surface area contributed by atoms with Crippen molar-refractivity contribution >= 4 is 5.69 Å². The first-order valence-corrected chi connectivity index (χ1v) is 5.62. The largest absolute Gasteiger partial charge is 0.360 e. The van der Waals surface area contributed by atoms with E-state index in [0.717, 1.165) is 0 Å². The van der Waals surface area contributed by atoms with Crippen LogP contribution in [0.5, 0.6) is 0 Å². The molecule has 86 valence electrons. The van der Waals surface area contributed by atoms with Crippen LogP contribution in [0.3, 0.4) is 0 Å². The van der Waals surface area contributed by atoms with Crippen LogP contribution in [0, 0.1) is 24.7 Å². The summed E-state index contributed by atoms with van der Waals surface area (Å²) < 4.78 is 0. The number of aryl methyl sites for hydroxylation is 1. The third kappa shape index (κ3) is 2.58. The number of terminal acetylenes is 1. The smallest absolute Gasteiger partial charge is 0.0946 e. The second-order valence-corrected chi connectivity index (χ2v) is 5.33. The average Bonchev–Trinajstić information content (AvgIpc) is 2.17. The van der Waals surface area contributed by atoms with Gasteiger partial charge >= 0.3 is 0 Å². The molecular formula is C15H21N. The Bertz CT molecular complexity index is 393. The summed E-state index contributed by atoms with van der Waals surface area (Å²) in [6.45, 7) is 8.63. The van der Waals surface area contributed by atoms with E-state index in [4.69, 9.17) is 6.42 Å². The Morgan fingerprint density at radius 2 is 1.81 bits per heavy atom. The lowest BCUT2D eigenvalue weighted by Gasteiger charge is -2.36. The molecule has 0 aliphatic carbocycles. The summed E-state index contributed by atoms with van der Waals surface area (Å²) in [5, 5.41) is 0. The molecule has 1 nitrogen and oxygen atoms in total. The average molecular weight is 215 g/mol. The van der Waals surface area contributed by atoms with Crippen molar-refractivity contribution in [2.75, 3.05) is 11.9 Å². The summed E-state index contributed by atoms with van der Waals surface area (Å²) in [6, 6.07) is 8.44. The van der Waals surface area contributed by atoms with Crippen LogP contribution in [0.4, 0.5) is 5.69 Å². The molecule has 0 saturated carbocycles. The number of hydrogen-bond acceptors (Lipinski definition) is 1. The standard InChI is InChI=1S/C15H21N/c1-7-14(15(3,4)5)16(6)13-11-9-8-10-12(13)2/h1,8-11,14H,2-6H3. The van der Waals surface area contributed by atoms with Crippen molar-refractivity contribution < 1.29 is 0 Å². The Morgan fingerprint density at radius 3 is 2.25 bits per heavy atom. The Kier molecular flexibility index (Phi) is 3.65. The topological polar surface area (TPSA) is 3.24 Å². The van der Waals surface area contributed by atoms with Gasteiger partial charge in [-0.1, -0.05) is 44.9 Å².